The Bertz CT molecular complexity index is 309. The van der Waals surface area contributed by atoms with Crippen molar-refractivity contribution >= 4 is 5.91 Å². The van der Waals surface area contributed by atoms with Gasteiger partial charge in [0.05, 0.1) is 12.6 Å². The first-order chi connectivity index (χ1) is 6.59. The summed E-state index contributed by atoms with van der Waals surface area (Å²) >= 11 is 0. The van der Waals surface area contributed by atoms with Gasteiger partial charge in [-0.15, -0.1) is 0 Å². The standard InChI is InChI=1S/C9H15N3O2/c1-6-2-3-7(14-6)4-12-5-8(10)9(11)13/h2-3,8,12H,4-5,10H2,1H3,(H2,11,13). The fourth-order valence-corrected chi connectivity index (χ4v) is 1.03. The van der Waals surface area contributed by atoms with E-state index in [1.165, 1.54) is 0 Å². The molecule has 5 heteroatoms. The van der Waals surface area contributed by atoms with E-state index in [-0.39, 0.29) is 0 Å². The van der Waals surface area contributed by atoms with Crippen LogP contribution < -0.4 is 16.8 Å². The maximum atomic E-state index is 10.6. The second-order valence-electron chi connectivity index (χ2n) is 3.15. The molecule has 5 N–H and O–H groups in total. The minimum Gasteiger partial charge on any atom is -0.465 e. The molecule has 78 valence electrons. The molecule has 1 amide bonds. The van der Waals surface area contributed by atoms with Gasteiger partial charge in [-0.05, 0) is 19.1 Å². The van der Waals surface area contributed by atoms with Crippen LogP contribution in [0.2, 0.25) is 0 Å². The van der Waals surface area contributed by atoms with Crippen molar-refractivity contribution in [3.05, 3.63) is 23.7 Å². The van der Waals surface area contributed by atoms with Gasteiger partial charge in [-0.1, -0.05) is 0 Å². The van der Waals surface area contributed by atoms with E-state index in [1.54, 1.807) is 0 Å². The van der Waals surface area contributed by atoms with Crippen LogP contribution in [0.3, 0.4) is 0 Å². The molecule has 0 spiro atoms. The van der Waals surface area contributed by atoms with Crippen molar-refractivity contribution in [3.63, 3.8) is 0 Å². The number of nitrogens with one attached hydrogen (secondary N) is 1. The molecule has 1 unspecified atom stereocenters. The first-order valence-corrected chi connectivity index (χ1v) is 4.40. The van der Waals surface area contributed by atoms with Crippen LogP contribution in [0.15, 0.2) is 16.5 Å². The fraction of sp³-hybridized carbons (Fsp3) is 0.444. The van der Waals surface area contributed by atoms with Gasteiger partial charge in [-0.2, -0.15) is 0 Å². The van der Waals surface area contributed by atoms with Crippen LogP contribution in [0.4, 0.5) is 0 Å². The Morgan fingerprint density at radius 2 is 2.36 bits per heavy atom. The molecule has 0 aromatic carbocycles. The summed E-state index contributed by atoms with van der Waals surface area (Å²) in [6, 6.07) is 3.11. The highest BCUT2D eigenvalue weighted by atomic mass is 16.3. The van der Waals surface area contributed by atoms with Gasteiger partial charge in [0.2, 0.25) is 5.91 Å². The van der Waals surface area contributed by atoms with Crippen LogP contribution in [-0.2, 0) is 11.3 Å². The molecule has 0 saturated heterocycles. The molecule has 5 nitrogen and oxygen atoms in total. The van der Waals surface area contributed by atoms with E-state index in [2.05, 4.69) is 5.32 Å². The van der Waals surface area contributed by atoms with Crippen molar-refractivity contribution in [1.82, 2.24) is 5.32 Å². The summed E-state index contributed by atoms with van der Waals surface area (Å²) in [6.45, 7) is 2.78. The molecule has 1 heterocycles. The third-order valence-electron chi connectivity index (χ3n) is 1.82. The smallest absolute Gasteiger partial charge is 0.235 e. The molecule has 0 fully saturated rings. The number of aryl methyl sites for hydroxylation is 1. The van der Waals surface area contributed by atoms with Crippen molar-refractivity contribution in [2.24, 2.45) is 11.5 Å². The molecule has 0 aliphatic carbocycles. The van der Waals surface area contributed by atoms with Gasteiger partial charge in [0.25, 0.3) is 0 Å². The lowest BCUT2D eigenvalue weighted by atomic mass is 10.3. The van der Waals surface area contributed by atoms with E-state index in [9.17, 15) is 4.79 Å². The summed E-state index contributed by atoms with van der Waals surface area (Å²) in [5, 5.41) is 2.98. The van der Waals surface area contributed by atoms with Gasteiger partial charge in [0.15, 0.2) is 0 Å². The number of nitrogens with two attached hydrogens (primary N) is 2. The number of hydrogen-bond acceptors (Lipinski definition) is 4. The molecule has 14 heavy (non-hydrogen) atoms. The number of hydrogen-bond donors (Lipinski definition) is 3. The molecule has 0 saturated carbocycles. The highest BCUT2D eigenvalue weighted by molar-refractivity contribution is 5.79. The molecular formula is C9H15N3O2. The summed E-state index contributed by atoms with van der Waals surface area (Å²) in [4.78, 5) is 10.6. The van der Waals surface area contributed by atoms with Gasteiger partial charge < -0.3 is 21.2 Å². The minimum atomic E-state index is -0.647. The van der Waals surface area contributed by atoms with E-state index in [4.69, 9.17) is 15.9 Å². The zero-order valence-corrected chi connectivity index (χ0v) is 8.12. The zero-order valence-electron chi connectivity index (χ0n) is 8.12. The number of carbonyl (C=O) groups is 1. The third-order valence-corrected chi connectivity index (χ3v) is 1.82. The van der Waals surface area contributed by atoms with Crippen molar-refractivity contribution in [2.75, 3.05) is 6.54 Å². The summed E-state index contributed by atoms with van der Waals surface area (Å²) in [5.41, 5.74) is 10.4. The lowest BCUT2D eigenvalue weighted by Crippen LogP contribution is -2.44. The van der Waals surface area contributed by atoms with E-state index in [0.717, 1.165) is 11.5 Å². The predicted molar refractivity (Wildman–Crippen MR) is 52.3 cm³/mol. The summed E-state index contributed by atoms with van der Waals surface area (Å²) in [5.74, 6) is 1.17. The van der Waals surface area contributed by atoms with Crippen LogP contribution >= 0.6 is 0 Å². The second kappa shape index (κ2) is 4.78. The number of primary amides is 1. The Morgan fingerprint density at radius 1 is 1.64 bits per heavy atom. The molecule has 1 aromatic heterocycles. The van der Waals surface area contributed by atoms with E-state index < -0.39 is 11.9 Å². The Morgan fingerprint density at radius 3 is 2.86 bits per heavy atom. The lowest BCUT2D eigenvalue weighted by molar-refractivity contribution is -0.119. The van der Waals surface area contributed by atoms with Crippen molar-refractivity contribution < 1.29 is 9.21 Å². The Labute approximate surface area is 82.4 Å². The monoisotopic (exact) mass is 197 g/mol. The second-order valence-corrected chi connectivity index (χ2v) is 3.15. The first kappa shape index (κ1) is 10.7. The molecule has 1 atom stereocenters. The number of rotatable bonds is 5. The van der Waals surface area contributed by atoms with Crippen LogP contribution in [0.5, 0.6) is 0 Å². The lowest BCUT2D eigenvalue weighted by Gasteiger charge is -2.07. The SMILES string of the molecule is Cc1ccc(CNCC(N)C(N)=O)o1. The quantitative estimate of drug-likeness (QED) is 0.592. The largest absolute Gasteiger partial charge is 0.465 e. The summed E-state index contributed by atoms with van der Waals surface area (Å²) in [7, 11) is 0. The molecule has 0 aliphatic rings. The predicted octanol–water partition coefficient (Wildman–Crippen LogP) is -0.510. The van der Waals surface area contributed by atoms with Crippen LogP contribution in [0.25, 0.3) is 0 Å². The van der Waals surface area contributed by atoms with E-state index in [0.29, 0.717) is 13.1 Å². The fourth-order valence-electron chi connectivity index (χ4n) is 1.03. The minimum absolute atomic E-state index is 0.356. The van der Waals surface area contributed by atoms with Crippen LogP contribution in [0.1, 0.15) is 11.5 Å². The van der Waals surface area contributed by atoms with Gasteiger partial charge in [0.1, 0.15) is 11.5 Å². The topological polar surface area (TPSA) is 94.3 Å². The average Bonchev–Trinajstić information content (AvgIpc) is 2.51. The van der Waals surface area contributed by atoms with Gasteiger partial charge in [0, 0.05) is 6.54 Å². The van der Waals surface area contributed by atoms with E-state index >= 15 is 0 Å². The Kier molecular flexibility index (Phi) is 3.67. The molecule has 1 rings (SSSR count). The molecule has 0 radical (unpaired) electrons. The van der Waals surface area contributed by atoms with Gasteiger partial charge in [-0.25, -0.2) is 0 Å². The molecule has 1 aromatic rings. The number of carbonyl (C=O) groups excluding carboxylic acids is 1. The molecule has 0 aliphatic heterocycles. The zero-order chi connectivity index (χ0) is 10.6. The van der Waals surface area contributed by atoms with Crippen LogP contribution in [-0.4, -0.2) is 18.5 Å². The van der Waals surface area contributed by atoms with Gasteiger partial charge >= 0.3 is 0 Å². The van der Waals surface area contributed by atoms with Crippen molar-refractivity contribution in [1.29, 1.82) is 0 Å². The van der Waals surface area contributed by atoms with Crippen molar-refractivity contribution in [2.45, 2.75) is 19.5 Å². The van der Waals surface area contributed by atoms with E-state index in [1.807, 2.05) is 19.1 Å². The van der Waals surface area contributed by atoms with Gasteiger partial charge in [-0.3, -0.25) is 4.79 Å². The number of furan rings is 1. The maximum Gasteiger partial charge on any atom is 0.235 e. The Hall–Kier alpha value is -1.33. The Balaban J connectivity index is 2.25. The number of amides is 1. The molecular weight excluding hydrogens is 182 g/mol. The highest BCUT2D eigenvalue weighted by Crippen LogP contribution is 2.04. The van der Waals surface area contributed by atoms with Crippen LogP contribution in [0, 0.1) is 6.92 Å². The first-order valence-electron chi connectivity index (χ1n) is 4.40. The highest BCUT2D eigenvalue weighted by Gasteiger charge is 2.08. The summed E-state index contributed by atoms with van der Waals surface area (Å²) in [6.07, 6.45) is 0. The average molecular weight is 197 g/mol. The third kappa shape index (κ3) is 3.20. The molecule has 0 bridgehead atoms. The summed E-state index contributed by atoms with van der Waals surface area (Å²) < 4.78 is 5.31. The van der Waals surface area contributed by atoms with Crippen molar-refractivity contribution in [3.8, 4) is 0 Å². The maximum absolute atomic E-state index is 10.6. The normalized spacial score (nSPS) is 12.7.